The van der Waals surface area contributed by atoms with Crippen LogP contribution in [0.3, 0.4) is 0 Å². The number of nitrogens with zero attached hydrogens (tertiary/aromatic N) is 2. The van der Waals surface area contributed by atoms with Crippen molar-refractivity contribution in [3.05, 3.63) is 54.4 Å². The molecule has 0 bridgehead atoms. The Kier molecular flexibility index (Phi) is 9.02. The normalized spacial score (nSPS) is 17.5. The van der Waals surface area contributed by atoms with Crippen molar-refractivity contribution in [1.82, 2.24) is 15.3 Å². The average molecular weight is 514 g/mol. The number of alkyl halides is 2. The number of aliphatic hydroxyl groups is 1. The molecule has 37 heavy (non-hydrogen) atoms. The molecule has 0 spiro atoms. The number of carbonyl (C=O) groups excluding carboxylic acids is 1. The molecule has 1 amide bonds. The fraction of sp³-hybridized carbons (Fsp3) is 0.464. The number of amides is 1. The number of pyridine rings is 2. The molecular weight excluding hydrogens is 476 g/mol. The molecule has 0 saturated heterocycles. The molecule has 2 heterocycles. The number of fused-ring (bicyclic) bond motifs is 1. The molecule has 200 valence electrons. The minimum Gasteiger partial charge on any atom is -0.390 e. The second-order valence-electron chi connectivity index (χ2n) is 9.77. The number of nitrogens with one attached hydrogen (secondary N) is 3. The number of benzene rings is 1. The van der Waals surface area contributed by atoms with Gasteiger partial charge in [0, 0.05) is 48.4 Å². The molecule has 2 atom stereocenters. The zero-order valence-corrected chi connectivity index (χ0v) is 22.1. The van der Waals surface area contributed by atoms with E-state index in [-0.39, 0.29) is 30.1 Å². The van der Waals surface area contributed by atoms with Crippen molar-refractivity contribution in [3.8, 4) is 0 Å². The lowest BCUT2D eigenvalue weighted by molar-refractivity contribution is -0.000650. The van der Waals surface area contributed by atoms with E-state index < -0.39 is 23.5 Å². The molecular formula is C28H37F2N5O2. The van der Waals surface area contributed by atoms with Gasteiger partial charge in [-0.1, -0.05) is 26.8 Å². The van der Waals surface area contributed by atoms with Crippen LogP contribution in [0.2, 0.25) is 0 Å². The van der Waals surface area contributed by atoms with Crippen LogP contribution >= 0.6 is 0 Å². The predicted octanol–water partition coefficient (Wildman–Crippen LogP) is 6.14. The van der Waals surface area contributed by atoms with E-state index in [0.29, 0.717) is 18.7 Å². The van der Waals surface area contributed by atoms with E-state index in [2.05, 4.69) is 25.9 Å². The number of anilines is 3. The summed E-state index contributed by atoms with van der Waals surface area (Å²) in [6, 6.07) is 9.96. The number of hydrogen-bond donors (Lipinski definition) is 4. The minimum atomic E-state index is -2.86. The number of rotatable bonds is 8. The fourth-order valence-corrected chi connectivity index (χ4v) is 4.01. The Morgan fingerprint density at radius 1 is 1.22 bits per heavy atom. The van der Waals surface area contributed by atoms with Crippen molar-refractivity contribution in [3.63, 3.8) is 0 Å². The molecule has 1 fully saturated rings. The van der Waals surface area contributed by atoms with E-state index in [9.17, 15) is 18.7 Å². The van der Waals surface area contributed by atoms with Gasteiger partial charge in [0.25, 0.3) is 11.8 Å². The van der Waals surface area contributed by atoms with E-state index in [4.69, 9.17) is 0 Å². The van der Waals surface area contributed by atoms with Crippen molar-refractivity contribution < 1.29 is 18.7 Å². The molecule has 1 aromatic carbocycles. The summed E-state index contributed by atoms with van der Waals surface area (Å²) in [6.07, 6.45) is 3.64. The van der Waals surface area contributed by atoms with Crippen LogP contribution in [0.1, 0.15) is 64.2 Å². The molecule has 0 aliphatic heterocycles. The van der Waals surface area contributed by atoms with E-state index in [1.165, 1.54) is 6.20 Å². The second kappa shape index (κ2) is 11.8. The van der Waals surface area contributed by atoms with Gasteiger partial charge in [-0.15, -0.1) is 0 Å². The smallest absolute Gasteiger partial charge is 0.267 e. The van der Waals surface area contributed by atoms with Gasteiger partial charge in [-0.25, -0.2) is 13.8 Å². The van der Waals surface area contributed by atoms with Crippen LogP contribution in [0.25, 0.3) is 10.9 Å². The van der Waals surface area contributed by atoms with Crippen molar-refractivity contribution in [2.45, 2.75) is 71.4 Å². The number of aromatic nitrogens is 2. The summed E-state index contributed by atoms with van der Waals surface area (Å²) in [4.78, 5) is 21.6. The van der Waals surface area contributed by atoms with Crippen molar-refractivity contribution >= 4 is 34.0 Å². The van der Waals surface area contributed by atoms with Crippen LogP contribution in [0.5, 0.6) is 0 Å². The third-order valence-electron chi connectivity index (χ3n) is 6.64. The lowest BCUT2D eigenvalue weighted by atomic mass is 9.93. The summed E-state index contributed by atoms with van der Waals surface area (Å²) in [7, 11) is 0. The molecule has 4 N–H and O–H groups in total. The van der Waals surface area contributed by atoms with Gasteiger partial charge in [0.15, 0.2) is 0 Å². The van der Waals surface area contributed by atoms with Gasteiger partial charge >= 0.3 is 0 Å². The largest absolute Gasteiger partial charge is 0.390 e. The first-order chi connectivity index (χ1) is 17.5. The third kappa shape index (κ3) is 7.13. The zero-order valence-electron chi connectivity index (χ0n) is 22.1. The van der Waals surface area contributed by atoms with Gasteiger partial charge in [-0.2, -0.15) is 0 Å². The maximum absolute atomic E-state index is 14.4. The van der Waals surface area contributed by atoms with E-state index >= 15 is 0 Å². The summed E-state index contributed by atoms with van der Waals surface area (Å²) in [6.45, 7) is 9.39. The highest BCUT2D eigenvalue weighted by Gasteiger charge is 2.44. The first-order valence-electron chi connectivity index (χ1n) is 12.8. The van der Waals surface area contributed by atoms with Gasteiger partial charge in [-0.3, -0.25) is 9.78 Å². The van der Waals surface area contributed by atoms with Gasteiger partial charge < -0.3 is 21.1 Å². The Morgan fingerprint density at radius 3 is 2.65 bits per heavy atom. The standard InChI is InChI=1S/C26H31F2N5O2.C2H6/c1-16(25(2,3)35)14-31-24(34)19-15-30-23(13-21(19)33-22-7-4-10-26(22,27)28)32-18-8-9-20-17(12-18)6-5-11-29-20;1-2/h5-6,8-9,11-13,15-16,22,35H,4,7,10,14H2,1-3H3,(H,31,34)(H2,30,32,33);1-2H3/t16-,22?;/m1./s1. The highest BCUT2D eigenvalue weighted by molar-refractivity contribution is 6.00. The van der Waals surface area contributed by atoms with Crippen LogP contribution in [-0.2, 0) is 0 Å². The van der Waals surface area contributed by atoms with Crippen molar-refractivity contribution in [1.29, 1.82) is 0 Å². The second-order valence-corrected chi connectivity index (χ2v) is 9.77. The van der Waals surface area contributed by atoms with Crippen molar-refractivity contribution in [2.24, 2.45) is 5.92 Å². The Bertz CT molecular complexity index is 1210. The maximum atomic E-state index is 14.4. The molecule has 2 aromatic heterocycles. The Labute approximate surface area is 217 Å². The van der Waals surface area contributed by atoms with Gasteiger partial charge in [0.2, 0.25) is 0 Å². The van der Waals surface area contributed by atoms with Crippen molar-refractivity contribution in [2.75, 3.05) is 17.2 Å². The average Bonchev–Trinajstić information content (AvgIpc) is 3.20. The summed E-state index contributed by atoms with van der Waals surface area (Å²) < 4.78 is 28.8. The topological polar surface area (TPSA) is 99.2 Å². The molecule has 0 radical (unpaired) electrons. The fourth-order valence-electron chi connectivity index (χ4n) is 4.01. The van der Waals surface area contributed by atoms with Crippen LogP contribution in [0.15, 0.2) is 48.8 Å². The van der Waals surface area contributed by atoms with Crippen LogP contribution in [0, 0.1) is 5.92 Å². The van der Waals surface area contributed by atoms with Crippen LogP contribution in [-0.4, -0.2) is 45.1 Å². The Balaban J connectivity index is 0.00000186. The van der Waals surface area contributed by atoms with Gasteiger partial charge in [0.1, 0.15) is 5.82 Å². The minimum absolute atomic E-state index is 0.170. The highest BCUT2D eigenvalue weighted by atomic mass is 19.3. The summed E-state index contributed by atoms with van der Waals surface area (Å²) in [5, 5.41) is 20.0. The molecule has 1 aliphatic rings. The monoisotopic (exact) mass is 513 g/mol. The van der Waals surface area contributed by atoms with E-state index in [0.717, 1.165) is 16.6 Å². The summed E-state index contributed by atoms with van der Waals surface area (Å²) >= 11 is 0. The quantitative estimate of drug-likeness (QED) is 0.289. The van der Waals surface area contributed by atoms with Crippen LogP contribution in [0.4, 0.5) is 26.0 Å². The highest BCUT2D eigenvalue weighted by Crippen LogP contribution is 2.38. The third-order valence-corrected chi connectivity index (χ3v) is 6.64. The zero-order chi connectivity index (χ0) is 27.2. The predicted molar refractivity (Wildman–Crippen MR) is 145 cm³/mol. The molecule has 1 saturated carbocycles. The lowest BCUT2D eigenvalue weighted by Gasteiger charge is -2.26. The SMILES string of the molecule is CC.C[C@H](CNC(=O)c1cnc(Nc2ccc3ncccc3c2)cc1NC1CCCC1(F)F)C(C)(C)O. The lowest BCUT2D eigenvalue weighted by Crippen LogP contribution is -2.39. The molecule has 7 nitrogen and oxygen atoms in total. The van der Waals surface area contributed by atoms with Gasteiger partial charge in [-0.05, 0) is 51.0 Å². The van der Waals surface area contributed by atoms with E-state index in [1.807, 2.05) is 51.1 Å². The molecule has 1 aliphatic carbocycles. The Morgan fingerprint density at radius 2 is 1.97 bits per heavy atom. The van der Waals surface area contributed by atoms with E-state index in [1.54, 1.807) is 26.1 Å². The summed E-state index contributed by atoms with van der Waals surface area (Å²) in [5.74, 6) is -3.09. The molecule has 4 rings (SSSR count). The number of hydrogen-bond acceptors (Lipinski definition) is 6. The first kappa shape index (κ1) is 28.2. The maximum Gasteiger partial charge on any atom is 0.267 e. The number of carbonyl (C=O) groups is 1. The number of halogens is 2. The van der Waals surface area contributed by atoms with Crippen LogP contribution < -0.4 is 16.0 Å². The molecule has 9 heteroatoms. The molecule has 1 unspecified atom stereocenters. The Hall–Kier alpha value is -3.33. The first-order valence-corrected chi connectivity index (χ1v) is 12.8. The van der Waals surface area contributed by atoms with Gasteiger partial charge in [0.05, 0.1) is 28.4 Å². The molecule has 3 aromatic rings. The summed E-state index contributed by atoms with van der Waals surface area (Å²) in [5.41, 5.74) is 1.09.